The van der Waals surface area contributed by atoms with Gasteiger partial charge in [0.15, 0.2) is 0 Å². The highest BCUT2D eigenvalue weighted by Crippen LogP contribution is 2.35. The normalized spacial score (nSPS) is 21.5. The number of halogens is 3. The summed E-state index contributed by atoms with van der Waals surface area (Å²) in [5, 5.41) is 5.34. The molecular weight excluding hydrogens is 429 g/mol. The molecule has 4 rings (SSSR count). The molecule has 0 radical (unpaired) electrons. The fraction of sp³-hybridized carbons (Fsp3) is 0.381. The molecular formula is C21H21F3N4O4. The van der Waals surface area contributed by atoms with Crippen LogP contribution in [-0.4, -0.2) is 46.9 Å². The van der Waals surface area contributed by atoms with Crippen LogP contribution in [0.5, 0.6) is 0 Å². The molecule has 0 aliphatic carbocycles. The molecule has 1 aromatic carbocycles. The third-order valence-electron chi connectivity index (χ3n) is 5.54. The quantitative estimate of drug-likeness (QED) is 0.730. The molecule has 3 heterocycles. The van der Waals surface area contributed by atoms with E-state index in [1.807, 2.05) is 0 Å². The van der Waals surface area contributed by atoms with E-state index in [1.54, 1.807) is 12.1 Å². The Bertz CT molecular complexity index is 1010. The van der Waals surface area contributed by atoms with Crippen LogP contribution in [0.1, 0.15) is 24.2 Å². The fourth-order valence-corrected chi connectivity index (χ4v) is 4.08. The summed E-state index contributed by atoms with van der Waals surface area (Å²) in [5.74, 6) is -1.33. The number of urea groups is 1. The van der Waals surface area contributed by atoms with Crippen molar-refractivity contribution in [1.82, 2.24) is 15.1 Å². The highest BCUT2D eigenvalue weighted by molar-refractivity contribution is 6.01. The van der Waals surface area contributed by atoms with E-state index >= 15 is 0 Å². The first-order chi connectivity index (χ1) is 15.3. The average Bonchev–Trinajstić information content (AvgIpc) is 3.27. The second-order valence-corrected chi connectivity index (χ2v) is 7.65. The summed E-state index contributed by atoms with van der Waals surface area (Å²) >= 11 is 0. The number of nitrogens with zero attached hydrogens (tertiary/aromatic N) is 2. The van der Waals surface area contributed by atoms with Crippen molar-refractivity contribution in [2.24, 2.45) is 5.92 Å². The second kappa shape index (κ2) is 8.65. The molecule has 2 fully saturated rings. The summed E-state index contributed by atoms with van der Waals surface area (Å²) in [4.78, 5) is 40.9. The molecule has 2 aliphatic rings. The van der Waals surface area contributed by atoms with E-state index in [4.69, 9.17) is 4.42 Å². The van der Waals surface area contributed by atoms with E-state index in [0.29, 0.717) is 25.1 Å². The van der Waals surface area contributed by atoms with E-state index in [0.717, 1.165) is 17.0 Å². The summed E-state index contributed by atoms with van der Waals surface area (Å²) in [6.07, 6.45) is -2.70. The van der Waals surface area contributed by atoms with Crippen molar-refractivity contribution in [3.63, 3.8) is 0 Å². The molecule has 0 saturated carbocycles. The fourth-order valence-electron chi connectivity index (χ4n) is 4.08. The Kier molecular flexibility index (Phi) is 5.92. The van der Waals surface area contributed by atoms with Gasteiger partial charge in [0, 0.05) is 0 Å². The van der Waals surface area contributed by atoms with E-state index in [1.165, 1.54) is 23.3 Å². The molecule has 4 amide bonds. The van der Waals surface area contributed by atoms with Gasteiger partial charge in [0.2, 0.25) is 11.8 Å². The number of carbonyl (C=O) groups is 3. The number of alkyl halides is 3. The Morgan fingerprint density at radius 1 is 1.19 bits per heavy atom. The largest absolute Gasteiger partial charge is 0.467 e. The van der Waals surface area contributed by atoms with Crippen molar-refractivity contribution < 1.29 is 32.0 Å². The topological polar surface area (TPSA) is 94.9 Å². The number of hydrogen-bond acceptors (Lipinski definition) is 5. The summed E-state index contributed by atoms with van der Waals surface area (Å²) in [6.45, 7) is -0.0566. The molecule has 0 spiro atoms. The van der Waals surface area contributed by atoms with Crippen LogP contribution in [0.4, 0.5) is 23.7 Å². The zero-order valence-corrected chi connectivity index (χ0v) is 16.9. The van der Waals surface area contributed by atoms with Gasteiger partial charge in [-0.15, -0.1) is 0 Å². The molecule has 2 aliphatic heterocycles. The van der Waals surface area contributed by atoms with Crippen molar-refractivity contribution in [2.75, 3.05) is 18.4 Å². The summed E-state index contributed by atoms with van der Waals surface area (Å²) < 4.78 is 45.0. The smallest absolute Gasteiger partial charge is 0.418 e. The van der Waals surface area contributed by atoms with Crippen molar-refractivity contribution in [3.05, 3.63) is 54.0 Å². The van der Waals surface area contributed by atoms with E-state index in [-0.39, 0.29) is 12.5 Å². The third kappa shape index (κ3) is 4.33. The van der Waals surface area contributed by atoms with Crippen molar-refractivity contribution in [2.45, 2.75) is 31.7 Å². The van der Waals surface area contributed by atoms with Gasteiger partial charge in [0.1, 0.15) is 12.3 Å². The van der Waals surface area contributed by atoms with Gasteiger partial charge in [-0.3, -0.25) is 24.7 Å². The Balaban J connectivity index is 1.55. The standard InChI is InChI=1S/C21H21F3N4O4/c22-21(23,24)15-7-1-2-8-16(15)26-17(29)12-27-18-14(6-3-9-25-18)19(30)28(20(27)31)11-13-5-4-10-32-13/h1-2,4-5,7-8,10,14,18,25H,3,6,9,11-12H2,(H,26,29). The molecule has 2 saturated heterocycles. The molecule has 32 heavy (non-hydrogen) atoms. The zero-order valence-electron chi connectivity index (χ0n) is 16.9. The minimum Gasteiger partial charge on any atom is -0.467 e. The van der Waals surface area contributed by atoms with Crippen LogP contribution >= 0.6 is 0 Å². The van der Waals surface area contributed by atoms with Gasteiger partial charge in [-0.25, -0.2) is 4.79 Å². The maximum absolute atomic E-state index is 13.2. The van der Waals surface area contributed by atoms with Crippen LogP contribution in [-0.2, 0) is 22.3 Å². The predicted molar refractivity (Wildman–Crippen MR) is 106 cm³/mol. The van der Waals surface area contributed by atoms with E-state index in [9.17, 15) is 27.6 Å². The molecule has 2 N–H and O–H groups in total. The van der Waals surface area contributed by atoms with Crippen molar-refractivity contribution in [1.29, 1.82) is 0 Å². The maximum Gasteiger partial charge on any atom is 0.418 e. The number of nitrogens with one attached hydrogen (secondary N) is 2. The lowest BCUT2D eigenvalue weighted by molar-refractivity contribution is -0.143. The molecule has 2 atom stereocenters. The average molecular weight is 450 g/mol. The molecule has 1 aromatic heterocycles. The van der Waals surface area contributed by atoms with Gasteiger partial charge in [-0.1, -0.05) is 12.1 Å². The second-order valence-electron chi connectivity index (χ2n) is 7.65. The van der Waals surface area contributed by atoms with Crippen LogP contribution in [0, 0.1) is 5.92 Å². The minimum absolute atomic E-state index is 0.0943. The lowest BCUT2D eigenvalue weighted by Gasteiger charge is -2.46. The van der Waals surface area contributed by atoms with Gasteiger partial charge in [-0.05, 0) is 43.7 Å². The number of imide groups is 1. The highest BCUT2D eigenvalue weighted by Gasteiger charge is 2.47. The monoisotopic (exact) mass is 450 g/mol. The van der Waals surface area contributed by atoms with Gasteiger partial charge in [-0.2, -0.15) is 13.2 Å². The van der Waals surface area contributed by atoms with Crippen LogP contribution in [0.15, 0.2) is 47.1 Å². The minimum atomic E-state index is -4.65. The first-order valence-corrected chi connectivity index (χ1v) is 10.1. The SMILES string of the molecule is O=C(CN1C(=O)N(Cc2ccco2)C(=O)C2CCCNC21)Nc1ccccc1C(F)(F)F. The summed E-state index contributed by atoms with van der Waals surface area (Å²) in [7, 11) is 0. The van der Waals surface area contributed by atoms with Crippen LogP contribution in [0.2, 0.25) is 0 Å². The van der Waals surface area contributed by atoms with E-state index < -0.39 is 48.0 Å². The molecule has 8 nitrogen and oxygen atoms in total. The number of piperidine rings is 1. The van der Waals surface area contributed by atoms with Gasteiger partial charge >= 0.3 is 12.2 Å². The highest BCUT2D eigenvalue weighted by atomic mass is 19.4. The number of carbonyl (C=O) groups excluding carboxylic acids is 3. The molecule has 170 valence electrons. The van der Waals surface area contributed by atoms with Crippen LogP contribution < -0.4 is 10.6 Å². The number of furan rings is 1. The Morgan fingerprint density at radius 2 is 1.97 bits per heavy atom. The number of benzene rings is 1. The van der Waals surface area contributed by atoms with Gasteiger partial charge in [0.05, 0.1) is 36.1 Å². The molecule has 2 unspecified atom stereocenters. The lowest BCUT2D eigenvalue weighted by atomic mass is 9.91. The summed E-state index contributed by atoms with van der Waals surface area (Å²) in [6, 6.07) is 7.15. The zero-order chi connectivity index (χ0) is 22.9. The Labute approximate surface area is 181 Å². The van der Waals surface area contributed by atoms with Crippen LogP contribution in [0.3, 0.4) is 0 Å². The number of anilines is 1. The number of fused-ring (bicyclic) bond motifs is 1. The first kappa shape index (κ1) is 21.9. The summed E-state index contributed by atoms with van der Waals surface area (Å²) in [5.41, 5.74) is -1.38. The van der Waals surface area contributed by atoms with Gasteiger partial charge < -0.3 is 9.73 Å². The maximum atomic E-state index is 13.2. The van der Waals surface area contributed by atoms with Crippen molar-refractivity contribution >= 4 is 23.5 Å². The van der Waals surface area contributed by atoms with Gasteiger partial charge in [0.25, 0.3) is 0 Å². The number of rotatable bonds is 5. The molecule has 2 aromatic rings. The number of para-hydroxylation sites is 1. The first-order valence-electron chi connectivity index (χ1n) is 10.1. The number of hydrogen-bond donors (Lipinski definition) is 2. The molecule has 11 heteroatoms. The van der Waals surface area contributed by atoms with Crippen LogP contribution in [0.25, 0.3) is 0 Å². The predicted octanol–water partition coefficient (Wildman–Crippen LogP) is 3.03. The van der Waals surface area contributed by atoms with E-state index in [2.05, 4.69) is 10.6 Å². The van der Waals surface area contributed by atoms with Crippen molar-refractivity contribution in [3.8, 4) is 0 Å². The number of amides is 4. The molecule has 0 bridgehead atoms. The lowest BCUT2D eigenvalue weighted by Crippen LogP contribution is -2.68. The third-order valence-corrected chi connectivity index (χ3v) is 5.54. The Morgan fingerprint density at radius 3 is 2.69 bits per heavy atom. The Hall–Kier alpha value is -3.34.